The van der Waals surface area contributed by atoms with Crippen molar-refractivity contribution in [2.45, 2.75) is 0 Å². The van der Waals surface area contributed by atoms with E-state index in [0.717, 1.165) is 0 Å². The second-order valence-electron chi connectivity index (χ2n) is 0. The Morgan fingerprint density at radius 3 is 0.800 bits per heavy atom. The van der Waals surface area contributed by atoms with Crippen LogP contribution in [-0.4, -0.2) is 0 Å². The molecule has 0 aromatic carbocycles. The maximum atomic E-state index is 8.06. The molecule has 0 unspecified atom stereocenters. The summed E-state index contributed by atoms with van der Waals surface area (Å²) < 4.78 is 8.06. The number of rotatable bonds is 0. The first-order valence-corrected chi connectivity index (χ1v) is 0.612. The first kappa shape index (κ1) is 38.0. The lowest BCUT2D eigenvalue weighted by molar-refractivity contribution is 0.607. The maximum Gasteiger partial charge on any atom is 0.138 e. The molecule has 0 heterocycles. The molecule has 0 N–H and O–H groups in total. The molecular weight excluding hydrogens is 153 g/mol. The first-order chi connectivity index (χ1) is 1.00. The van der Waals surface area contributed by atoms with Crippen LogP contribution in [0, 0.1) is 0 Å². The summed E-state index contributed by atoms with van der Waals surface area (Å²) in [6.07, 6.45) is 0. The zero-order valence-electron chi connectivity index (χ0n) is 2.13. The maximum absolute atomic E-state index is 8.06. The van der Waals surface area contributed by atoms with E-state index < -0.39 is 0 Å². The summed E-state index contributed by atoms with van der Waals surface area (Å²) in [5, 5.41) is 0. The van der Waals surface area contributed by atoms with E-state index in [2.05, 4.69) is 0 Å². The van der Waals surface area contributed by atoms with E-state index in [9.17, 15) is 0 Å². The molecule has 0 bridgehead atoms. The van der Waals surface area contributed by atoms with Gasteiger partial charge < -0.3 is 0 Å². The standard InChI is InChI=1S/3ClH.HOP/c;;;1-2/h3*1H;2H. The molecule has 0 aliphatic heterocycles. The van der Waals surface area contributed by atoms with E-state index >= 15 is 0 Å². The Bertz CT molecular complexity index is 6.85. The molecule has 0 aromatic rings. The quantitative estimate of drug-likeness (QED) is 0.490. The smallest absolute Gasteiger partial charge is 0.138 e. The van der Waals surface area contributed by atoms with Crippen molar-refractivity contribution in [3.05, 3.63) is 0 Å². The monoisotopic (exact) mass is 156 g/mol. The predicted octanol–water partition coefficient (Wildman–Crippen LogP) is 1.74. The van der Waals surface area contributed by atoms with Gasteiger partial charge >= 0.3 is 0 Å². The minimum absolute atomic E-state index is 0. The molecule has 5 heteroatoms. The Balaban J connectivity index is -0.00000000167. The topological polar surface area (TPSA) is 17.1 Å². The highest BCUT2D eigenvalue weighted by atomic mass is 35.5. The van der Waals surface area contributed by atoms with E-state index in [0.29, 0.717) is 0 Å². The molecule has 0 aliphatic carbocycles. The van der Waals surface area contributed by atoms with Gasteiger partial charge in [0.2, 0.25) is 0 Å². The zero-order chi connectivity index (χ0) is 2.00. The summed E-state index contributed by atoms with van der Waals surface area (Å²) in [4.78, 5) is 0. The third kappa shape index (κ3) is 46.6. The predicted molar refractivity (Wildman–Crippen MR) is 30.7 cm³/mol. The van der Waals surface area contributed by atoms with Crippen LogP contribution in [0.3, 0.4) is 0 Å². The van der Waals surface area contributed by atoms with E-state index in [1.807, 2.05) is 0 Å². The Morgan fingerprint density at radius 2 is 0.800 bits per heavy atom. The van der Waals surface area contributed by atoms with Crippen LogP contribution in [-0.2, 0) is 4.57 Å². The van der Waals surface area contributed by atoms with Crippen molar-refractivity contribution in [2.24, 2.45) is 0 Å². The van der Waals surface area contributed by atoms with Crippen LogP contribution in [0.25, 0.3) is 0 Å². The molecule has 5 heavy (non-hydrogen) atoms. The van der Waals surface area contributed by atoms with Crippen LogP contribution < -0.4 is 0 Å². The largest absolute Gasteiger partial charge is 0.279 e. The first-order valence-electron chi connectivity index (χ1n) is 0.204. The van der Waals surface area contributed by atoms with Gasteiger partial charge in [-0.25, -0.2) is 0 Å². The SMILES string of the molecule is Cl.Cl.Cl.O=P. The van der Waals surface area contributed by atoms with Crippen molar-refractivity contribution in [1.29, 1.82) is 0 Å². The Hall–Kier alpha value is 0.970. The van der Waals surface area contributed by atoms with Gasteiger partial charge in [-0.15, -0.1) is 37.2 Å². The van der Waals surface area contributed by atoms with E-state index in [4.69, 9.17) is 4.57 Å². The number of hydrogen-bond acceptors (Lipinski definition) is 1. The van der Waals surface area contributed by atoms with Gasteiger partial charge in [-0.2, -0.15) is 0 Å². The van der Waals surface area contributed by atoms with Gasteiger partial charge in [0.25, 0.3) is 0 Å². The third-order valence-corrected chi connectivity index (χ3v) is 0. The van der Waals surface area contributed by atoms with Crippen LogP contribution in [0.2, 0.25) is 0 Å². The van der Waals surface area contributed by atoms with E-state index in [1.165, 1.54) is 0 Å². The van der Waals surface area contributed by atoms with Crippen molar-refractivity contribution in [3.63, 3.8) is 0 Å². The summed E-state index contributed by atoms with van der Waals surface area (Å²) in [7, 11) is 1.72. The van der Waals surface area contributed by atoms with Crippen molar-refractivity contribution < 1.29 is 4.57 Å². The number of hydrogen-bond donors (Lipinski definition) is 0. The van der Waals surface area contributed by atoms with Crippen LogP contribution in [0.5, 0.6) is 0 Å². The zero-order valence-corrected chi connectivity index (χ0v) is 5.58. The summed E-state index contributed by atoms with van der Waals surface area (Å²) in [5.74, 6) is 0. The fourth-order valence-electron chi connectivity index (χ4n) is 0. The minimum atomic E-state index is 0. The van der Waals surface area contributed by atoms with Crippen molar-refractivity contribution in [1.82, 2.24) is 0 Å². The minimum Gasteiger partial charge on any atom is -0.279 e. The average molecular weight is 157 g/mol. The molecule has 0 radical (unpaired) electrons. The lowest BCUT2D eigenvalue weighted by atomic mass is 16.0. The van der Waals surface area contributed by atoms with E-state index in [1.54, 1.807) is 9.12 Å². The summed E-state index contributed by atoms with van der Waals surface area (Å²) in [6.45, 7) is 0. The average Bonchev–Trinajstić information content (AvgIpc) is 1.00. The molecule has 0 aromatic heterocycles. The Labute approximate surface area is 51.4 Å². The summed E-state index contributed by atoms with van der Waals surface area (Å²) in [6, 6.07) is 0. The molecule has 1 nitrogen and oxygen atoms in total. The molecule has 0 aliphatic rings. The fraction of sp³-hybridized carbons (Fsp3) is 0. The van der Waals surface area contributed by atoms with Gasteiger partial charge in [0.05, 0.1) is 0 Å². The second kappa shape index (κ2) is 83.3. The lowest BCUT2D eigenvalue weighted by Crippen LogP contribution is -0.489. The lowest BCUT2D eigenvalue weighted by Gasteiger charge is -0.807. The molecule has 0 saturated carbocycles. The van der Waals surface area contributed by atoms with E-state index in [-0.39, 0.29) is 37.2 Å². The van der Waals surface area contributed by atoms with Gasteiger partial charge in [-0.05, 0) is 0 Å². The molecule has 0 rings (SSSR count). The Morgan fingerprint density at radius 1 is 0.800 bits per heavy atom. The van der Waals surface area contributed by atoms with Gasteiger partial charge in [0, 0.05) is 0 Å². The summed E-state index contributed by atoms with van der Waals surface area (Å²) in [5.41, 5.74) is 0. The van der Waals surface area contributed by atoms with Crippen LogP contribution in [0.4, 0.5) is 0 Å². The van der Waals surface area contributed by atoms with Crippen molar-refractivity contribution in [2.75, 3.05) is 0 Å². The number of halogens is 3. The van der Waals surface area contributed by atoms with Gasteiger partial charge in [-0.1, -0.05) is 0 Å². The molecule has 0 fully saturated rings. The highest BCUT2D eigenvalue weighted by Crippen LogP contribution is 1.23. The van der Waals surface area contributed by atoms with Crippen LogP contribution >= 0.6 is 46.3 Å². The van der Waals surface area contributed by atoms with Crippen LogP contribution in [0.1, 0.15) is 0 Å². The second-order valence-corrected chi connectivity index (χ2v) is 0. The highest BCUT2D eigenvalue weighted by Gasteiger charge is 0.667. The summed E-state index contributed by atoms with van der Waals surface area (Å²) >= 11 is 0. The third-order valence-electron chi connectivity index (χ3n) is 0. The molecule has 36 valence electrons. The molecule has 0 saturated heterocycles. The molecule has 0 atom stereocenters. The van der Waals surface area contributed by atoms with Gasteiger partial charge in [-0.3, -0.25) is 4.57 Å². The molecular formula is H4Cl3OP. The molecule has 0 amide bonds. The van der Waals surface area contributed by atoms with Gasteiger partial charge in [0.15, 0.2) is 0 Å². The highest BCUT2D eigenvalue weighted by molar-refractivity contribution is 7.00. The van der Waals surface area contributed by atoms with Crippen molar-refractivity contribution >= 4 is 46.3 Å². The Kier molecular flexibility index (Phi) is 633. The normalized spacial score (nSPS) is 0.800. The van der Waals surface area contributed by atoms with Gasteiger partial charge in [0.1, 0.15) is 9.12 Å². The van der Waals surface area contributed by atoms with Crippen molar-refractivity contribution in [3.8, 4) is 0 Å². The molecule has 0 spiro atoms. The fourth-order valence-corrected chi connectivity index (χ4v) is 0. The van der Waals surface area contributed by atoms with Crippen LogP contribution in [0.15, 0.2) is 0 Å².